The molecule has 120 valence electrons. The Morgan fingerprint density at radius 2 is 2.04 bits per heavy atom. The summed E-state index contributed by atoms with van der Waals surface area (Å²) in [5.74, 6) is 1.22. The largest absolute Gasteiger partial charge is 0.393 e. The molecule has 0 radical (unpaired) electrons. The van der Waals surface area contributed by atoms with Gasteiger partial charge in [0, 0.05) is 6.04 Å². The van der Waals surface area contributed by atoms with Crippen LogP contribution in [0.25, 0.3) is 10.2 Å². The topological polar surface area (TPSA) is 88.8 Å². The number of hydrogen-bond acceptors (Lipinski definition) is 7. The van der Waals surface area contributed by atoms with Gasteiger partial charge in [-0.3, -0.25) is 0 Å². The maximum Gasteiger partial charge on any atom is 0.189 e. The van der Waals surface area contributed by atoms with E-state index in [-0.39, 0.29) is 0 Å². The van der Waals surface area contributed by atoms with Gasteiger partial charge in [0.05, 0.1) is 10.2 Å². The van der Waals surface area contributed by atoms with Crippen molar-refractivity contribution in [2.24, 2.45) is 0 Å². The molecule has 1 aromatic carbocycles. The lowest BCUT2D eigenvalue weighted by molar-refractivity contribution is 0.759. The van der Waals surface area contributed by atoms with Crippen molar-refractivity contribution in [3.8, 4) is 0 Å². The fourth-order valence-electron chi connectivity index (χ4n) is 2.13. The first kappa shape index (κ1) is 15.5. The molecule has 2 aromatic heterocycles. The maximum atomic E-state index is 6.18. The molecule has 3 aromatic rings. The van der Waals surface area contributed by atoms with Crippen LogP contribution in [0.4, 0.5) is 22.5 Å². The van der Waals surface area contributed by atoms with Gasteiger partial charge in [0.25, 0.3) is 0 Å². The van der Waals surface area contributed by atoms with Crippen LogP contribution in [0.2, 0.25) is 0 Å². The lowest BCUT2D eigenvalue weighted by atomic mass is 10.2. The molecule has 0 bridgehead atoms. The number of hydrogen-bond donors (Lipinski definition) is 3. The zero-order valence-corrected chi connectivity index (χ0v) is 14.2. The summed E-state index contributed by atoms with van der Waals surface area (Å²) in [6.07, 6.45) is 2.49. The summed E-state index contributed by atoms with van der Waals surface area (Å²) in [5.41, 5.74) is 8.87. The minimum Gasteiger partial charge on any atom is -0.393 e. The van der Waals surface area contributed by atoms with E-state index in [1.807, 2.05) is 6.07 Å². The summed E-state index contributed by atoms with van der Waals surface area (Å²) in [5, 5.41) is 7.26. The van der Waals surface area contributed by atoms with Crippen LogP contribution >= 0.6 is 11.3 Å². The number of aryl methyl sites for hydroxylation is 1. The number of nitrogens with zero attached hydrogens (tertiary/aromatic N) is 3. The predicted molar refractivity (Wildman–Crippen MR) is 97.5 cm³/mol. The molecule has 0 amide bonds. The highest BCUT2D eigenvalue weighted by Gasteiger charge is 2.12. The Kier molecular flexibility index (Phi) is 4.29. The minimum atomic E-state index is 0.297. The summed E-state index contributed by atoms with van der Waals surface area (Å²) < 4.78 is 1.14. The Labute approximate surface area is 139 Å². The molecule has 0 saturated heterocycles. The van der Waals surface area contributed by atoms with Gasteiger partial charge in [0.15, 0.2) is 16.8 Å². The zero-order chi connectivity index (χ0) is 16.4. The molecule has 1 atom stereocenters. The summed E-state index contributed by atoms with van der Waals surface area (Å²) in [7, 11) is 0. The molecule has 0 saturated carbocycles. The highest BCUT2D eigenvalue weighted by molar-refractivity contribution is 7.22. The molecule has 6 nitrogen and oxygen atoms in total. The van der Waals surface area contributed by atoms with E-state index in [4.69, 9.17) is 5.73 Å². The average Bonchev–Trinajstić information content (AvgIpc) is 2.92. The van der Waals surface area contributed by atoms with Crippen LogP contribution in [0.15, 0.2) is 24.5 Å². The lowest BCUT2D eigenvalue weighted by Gasteiger charge is -2.15. The van der Waals surface area contributed by atoms with Crippen LogP contribution in [0, 0.1) is 6.92 Å². The third-order valence-electron chi connectivity index (χ3n) is 3.65. The van der Waals surface area contributed by atoms with Crippen LogP contribution in [0.1, 0.15) is 25.8 Å². The third-order valence-corrected chi connectivity index (χ3v) is 4.58. The number of benzene rings is 1. The zero-order valence-electron chi connectivity index (χ0n) is 13.4. The Morgan fingerprint density at radius 3 is 2.83 bits per heavy atom. The second-order valence-electron chi connectivity index (χ2n) is 5.55. The van der Waals surface area contributed by atoms with Crippen LogP contribution < -0.4 is 16.4 Å². The first-order valence-corrected chi connectivity index (χ1v) is 8.39. The van der Waals surface area contributed by atoms with Crippen molar-refractivity contribution in [3.63, 3.8) is 0 Å². The Balaban J connectivity index is 1.87. The van der Waals surface area contributed by atoms with Crippen LogP contribution in [-0.4, -0.2) is 21.0 Å². The van der Waals surface area contributed by atoms with Gasteiger partial charge >= 0.3 is 0 Å². The number of thiazole rings is 1. The first-order chi connectivity index (χ1) is 11.1. The monoisotopic (exact) mass is 328 g/mol. The summed E-state index contributed by atoms with van der Waals surface area (Å²) in [4.78, 5) is 13.0. The van der Waals surface area contributed by atoms with Crippen LogP contribution in [0.3, 0.4) is 0 Å². The van der Waals surface area contributed by atoms with E-state index in [0.717, 1.165) is 21.8 Å². The maximum absolute atomic E-state index is 6.18. The number of aromatic nitrogens is 3. The van der Waals surface area contributed by atoms with Crippen molar-refractivity contribution in [1.29, 1.82) is 0 Å². The molecule has 1 unspecified atom stereocenters. The number of nitrogens with one attached hydrogen (secondary N) is 2. The molecule has 0 aliphatic heterocycles. The number of nitrogen functional groups attached to an aromatic ring is 1. The predicted octanol–water partition coefficient (Wildman–Crippen LogP) is 3.93. The van der Waals surface area contributed by atoms with E-state index in [1.54, 1.807) is 11.3 Å². The van der Waals surface area contributed by atoms with Crippen molar-refractivity contribution >= 4 is 44.0 Å². The number of nitrogens with two attached hydrogens (primary N) is 1. The molecular weight excluding hydrogens is 308 g/mol. The van der Waals surface area contributed by atoms with E-state index in [9.17, 15) is 0 Å². The van der Waals surface area contributed by atoms with E-state index in [2.05, 4.69) is 58.5 Å². The summed E-state index contributed by atoms with van der Waals surface area (Å²) >= 11 is 1.58. The Morgan fingerprint density at radius 1 is 1.26 bits per heavy atom. The second-order valence-corrected chi connectivity index (χ2v) is 6.58. The standard InChI is InChI=1S/C16H20N6S/c1-4-10(3)20-14-13(17)15(19-8-18-14)22-16-21-11-6-5-9(2)7-12(11)23-16/h5-8,10H,4,17H2,1-3H3,(H2,18,19,20,21,22). The van der Waals surface area contributed by atoms with Gasteiger partial charge in [-0.25, -0.2) is 15.0 Å². The highest BCUT2D eigenvalue weighted by Crippen LogP contribution is 2.31. The number of anilines is 4. The minimum absolute atomic E-state index is 0.297. The molecule has 0 spiro atoms. The highest BCUT2D eigenvalue weighted by atomic mass is 32.1. The van der Waals surface area contributed by atoms with Crippen molar-refractivity contribution in [2.75, 3.05) is 16.4 Å². The van der Waals surface area contributed by atoms with E-state index < -0.39 is 0 Å². The van der Waals surface area contributed by atoms with Gasteiger partial charge in [0.1, 0.15) is 12.0 Å². The van der Waals surface area contributed by atoms with Gasteiger partial charge in [-0.15, -0.1) is 0 Å². The Hall–Kier alpha value is -2.41. The molecule has 7 heteroatoms. The molecule has 0 aliphatic rings. The van der Waals surface area contributed by atoms with Gasteiger partial charge in [0.2, 0.25) is 0 Å². The van der Waals surface area contributed by atoms with Gasteiger partial charge in [-0.1, -0.05) is 24.3 Å². The lowest BCUT2D eigenvalue weighted by Crippen LogP contribution is -2.16. The average molecular weight is 328 g/mol. The smallest absolute Gasteiger partial charge is 0.189 e. The summed E-state index contributed by atoms with van der Waals surface area (Å²) in [6, 6.07) is 6.49. The summed E-state index contributed by atoms with van der Waals surface area (Å²) in [6.45, 7) is 6.27. The normalized spacial score (nSPS) is 12.3. The van der Waals surface area contributed by atoms with Crippen molar-refractivity contribution in [3.05, 3.63) is 30.1 Å². The molecule has 4 N–H and O–H groups in total. The molecule has 2 heterocycles. The van der Waals surface area contributed by atoms with Crippen LogP contribution in [-0.2, 0) is 0 Å². The van der Waals surface area contributed by atoms with Gasteiger partial charge in [-0.2, -0.15) is 0 Å². The SMILES string of the molecule is CCC(C)Nc1ncnc(Nc2nc3ccc(C)cc3s2)c1N. The third kappa shape index (κ3) is 3.34. The fourth-order valence-corrected chi connectivity index (χ4v) is 3.10. The van der Waals surface area contributed by atoms with E-state index in [0.29, 0.717) is 23.4 Å². The van der Waals surface area contributed by atoms with Crippen LogP contribution in [0.5, 0.6) is 0 Å². The quantitative estimate of drug-likeness (QED) is 0.657. The molecule has 3 rings (SSSR count). The van der Waals surface area contributed by atoms with Crippen molar-refractivity contribution in [2.45, 2.75) is 33.2 Å². The molecule has 0 fully saturated rings. The fraction of sp³-hybridized carbons (Fsp3) is 0.312. The van der Waals surface area contributed by atoms with Gasteiger partial charge in [-0.05, 0) is 38.0 Å². The molecular formula is C16H20N6S. The van der Waals surface area contributed by atoms with Crippen molar-refractivity contribution in [1.82, 2.24) is 15.0 Å². The molecule has 0 aliphatic carbocycles. The van der Waals surface area contributed by atoms with E-state index in [1.165, 1.54) is 11.9 Å². The van der Waals surface area contributed by atoms with Gasteiger partial charge < -0.3 is 16.4 Å². The second kappa shape index (κ2) is 6.37. The molecule has 23 heavy (non-hydrogen) atoms. The Bertz CT molecular complexity index is 829. The number of fused-ring (bicyclic) bond motifs is 1. The number of rotatable bonds is 5. The van der Waals surface area contributed by atoms with Crippen molar-refractivity contribution < 1.29 is 0 Å². The first-order valence-electron chi connectivity index (χ1n) is 7.58. The van der Waals surface area contributed by atoms with E-state index >= 15 is 0 Å².